The van der Waals surface area contributed by atoms with Gasteiger partial charge in [0.1, 0.15) is 5.82 Å². The summed E-state index contributed by atoms with van der Waals surface area (Å²) in [6.45, 7) is 5.74. The molecule has 1 aliphatic carbocycles. The molecule has 118 valence electrons. The van der Waals surface area contributed by atoms with Crippen LogP contribution < -0.4 is 0 Å². The third-order valence-corrected chi connectivity index (χ3v) is 3.13. The minimum absolute atomic E-state index is 0.280. The van der Waals surface area contributed by atoms with Crippen molar-refractivity contribution in [2.45, 2.75) is 52.1 Å². The van der Waals surface area contributed by atoms with E-state index < -0.39 is 29.5 Å². The highest BCUT2D eigenvalue weighted by molar-refractivity contribution is 5.90. The molecule has 1 unspecified atom stereocenters. The predicted octanol–water partition coefficient (Wildman–Crippen LogP) is 4.20. The fourth-order valence-electron chi connectivity index (χ4n) is 1.74. The van der Waals surface area contributed by atoms with Crippen LogP contribution in [0.5, 0.6) is 0 Å². The summed E-state index contributed by atoms with van der Waals surface area (Å²) in [5.41, 5.74) is 0.0138. The first-order valence-corrected chi connectivity index (χ1v) is 7.11. The first kappa shape index (κ1) is 17.7. The van der Waals surface area contributed by atoms with Gasteiger partial charge in [-0.25, -0.2) is 4.39 Å². The van der Waals surface area contributed by atoms with Gasteiger partial charge in [-0.1, -0.05) is 32.4 Å². The van der Waals surface area contributed by atoms with Crippen molar-refractivity contribution in [3.8, 4) is 0 Å². The van der Waals surface area contributed by atoms with E-state index in [0.29, 0.717) is 18.4 Å². The van der Waals surface area contributed by atoms with E-state index in [-0.39, 0.29) is 5.56 Å². The molecule has 0 amide bonds. The third kappa shape index (κ3) is 4.30. The van der Waals surface area contributed by atoms with E-state index in [1.807, 2.05) is 0 Å². The van der Waals surface area contributed by atoms with Gasteiger partial charge in [0.05, 0.1) is 0 Å². The first-order valence-electron chi connectivity index (χ1n) is 7.11. The Morgan fingerprint density at radius 1 is 1.38 bits per heavy atom. The second-order valence-electron chi connectivity index (χ2n) is 5.38. The maximum atomic E-state index is 13.7. The summed E-state index contributed by atoms with van der Waals surface area (Å²) < 4.78 is 40.7. The average Bonchev–Trinajstić information content (AvgIpc) is 3.25. The standard InChI is InChI=1S/C13H13F3O2.C3H8/c1-7-2-3-9(6-10(7)14)12(18)13(15,16)11(17)8-4-5-8;1-3-2/h2-3,6,8,12,18H,4-5H2,1H3;3H2,1-2H3. The second-order valence-corrected chi connectivity index (χ2v) is 5.38. The van der Waals surface area contributed by atoms with E-state index in [0.717, 1.165) is 6.07 Å². The smallest absolute Gasteiger partial charge is 0.334 e. The SMILES string of the molecule is CCC.Cc1ccc(C(O)C(F)(F)C(=O)C2CC2)cc1F. The number of hydrogen-bond donors (Lipinski definition) is 1. The highest BCUT2D eigenvalue weighted by Crippen LogP contribution is 2.41. The summed E-state index contributed by atoms with van der Waals surface area (Å²) in [6, 6.07) is 3.34. The molecule has 1 saturated carbocycles. The summed E-state index contributed by atoms with van der Waals surface area (Å²) in [5, 5.41) is 9.57. The number of rotatable bonds is 4. The van der Waals surface area contributed by atoms with Crippen LogP contribution in [-0.2, 0) is 4.79 Å². The summed E-state index contributed by atoms with van der Waals surface area (Å²) in [4.78, 5) is 11.4. The Labute approximate surface area is 123 Å². The number of carbonyl (C=O) groups is 1. The van der Waals surface area contributed by atoms with E-state index in [1.54, 1.807) is 0 Å². The summed E-state index contributed by atoms with van der Waals surface area (Å²) in [6.07, 6.45) is -0.173. The van der Waals surface area contributed by atoms with Crippen LogP contribution in [0.2, 0.25) is 0 Å². The molecular formula is C16H21F3O2. The molecule has 2 nitrogen and oxygen atoms in total. The van der Waals surface area contributed by atoms with Crippen LogP contribution in [-0.4, -0.2) is 16.8 Å². The predicted molar refractivity (Wildman–Crippen MR) is 74.7 cm³/mol. The molecule has 2 rings (SSSR count). The molecule has 1 fully saturated rings. The van der Waals surface area contributed by atoms with Crippen LogP contribution in [0, 0.1) is 18.7 Å². The minimum atomic E-state index is -3.86. The van der Waals surface area contributed by atoms with Gasteiger partial charge in [0.15, 0.2) is 6.10 Å². The molecule has 0 aromatic heterocycles. The topological polar surface area (TPSA) is 37.3 Å². The van der Waals surface area contributed by atoms with Gasteiger partial charge in [-0.05, 0) is 37.0 Å². The molecule has 1 aromatic carbocycles. The molecule has 1 atom stereocenters. The number of aliphatic hydroxyl groups is 1. The van der Waals surface area contributed by atoms with Crippen LogP contribution >= 0.6 is 0 Å². The molecule has 0 radical (unpaired) electrons. The third-order valence-electron chi connectivity index (χ3n) is 3.13. The van der Waals surface area contributed by atoms with Gasteiger partial charge >= 0.3 is 5.92 Å². The number of Topliss-reactive ketones (excluding diaryl/α,β-unsaturated/α-hetero) is 1. The lowest BCUT2D eigenvalue weighted by Gasteiger charge is -2.21. The number of aliphatic hydroxyl groups excluding tert-OH is 1. The Balaban J connectivity index is 0.000000677. The largest absolute Gasteiger partial charge is 0.382 e. The number of benzene rings is 1. The normalized spacial score (nSPS) is 16.0. The molecule has 0 spiro atoms. The van der Waals surface area contributed by atoms with Crippen LogP contribution in [0.1, 0.15) is 50.3 Å². The Kier molecular flexibility index (Phi) is 5.96. The van der Waals surface area contributed by atoms with Gasteiger partial charge in [0.25, 0.3) is 0 Å². The van der Waals surface area contributed by atoms with E-state index in [4.69, 9.17) is 0 Å². The zero-order valence-corrected chi connectivity index (χ0v) is 12.5. The van der Waals surface area contributed by atoms with Gasteiger partial charge in [0, 0.05) is 5.92 Å². The fourth-order valence-corrected chi connectivity index (χ4v) is 1.74. The second kappa shape index (κ2) is 7.07. The molecule has 1 N–H and O–H groups in total. The molecule has 1 aliphatic rings. The van der Waals surface area contributed by atoms with Crippen LogP contribution in [0.3, 0.4) is 0 Å². The molecule has 0 heterocycles. The van der Waals surface area contributed by atoms with Crippen molar-refractivity contribution in [2.75, 3.05) is 0 Å². The number of carbonyl (C=O) groups excluding carboxylic acids is 1. The lowest BCUT2D eigenvalue weighted by Crippen LogP contribution is -2.37. The van der Waals surface area contributed by atoms with Gasteiger partial charge in [0.2, 0.25) is 5.78 Å². The highest BCUT2D eigenvalue weighted by Gasteiger charge is 2.52. The summed E-state index contributed by atoms with van der Waals surface area (Å²) in [7, 11) is 0. The van der Waals surface area contributed by atoms with Crippen molar-refractivity contribution < 1.29 is 23.1 Å². The van der Waals surface area contributed by atoms with Crippen LogP contribution in [0.4, 0.5) is 13.2 Å². The first-order chi connectivity index (χ1) is 9.75. The molecule has 0 aliphatic heterocycles. The van der Waals surface area contributed by atoms with Crippen molar-refractivity contribution in [2.24, 2.45) is 5.92 Å². The number of aryl methyl sites for hydroxylation is 1. The fraction of sp³-hybridized carbons (Fsp3) is 0.562. The van der Waals surface area contributed by atoms with Gasteiger partial charge in [-0.15, -0.1) is 0 Å². The van der Waals surface area contributed by atoms with Crippen molar-refractivity contribution in [3.63, 3.8) is 0 Å². The monoisotopic (exact) mass is 302 g/mol. The molecule has 21 heavy (non-hydrogen) atoms. The summed E-state index contributed by atoms with van der Waals surface area (Å²) in [5.74, 6) is -6.45. The highest BCUT2D eigenvalue weighted by atomic mass is 19.3. The Hall–Kier alpha value is -1.36. The molecule has 5 heteroatoms. The zero-order valence-electron chi connectivity index (χ0n) is 12.5. The number of hydrogen-bond acceptors (Lipinski definition) is 2. The average molecular weight is 302 g/mol. The number of halogens is 3. The van der Waals surface area contributed by atoms with Crippen LogP contribution in [0.25, 0.3) is 0 Å². The maximum Gasteiger partial charge on any atom is 0.334 e. The number of ketones is 1. The van der Waals surface area contributed by atoms with Gasteiger partial charge in [-0.2, -0.15) is 8.78 Å². The van der Waals surface area contributed by atoms with Crippen LogP contribution in [0.15, 0.2) is 18.2 Å². The quantitative estimate of drug-likeness (QED) is 0.905. The van der Waals surface area contributed by atoms with Crippen molar-refractivity contribution >= 4 is 5.78 Å². The Morgan fingerprint density at radius 3 is 2.33 bits per heavy atom. The van der Waals surface area contributed by atoms with Crippen molar-refractivity contribution in [1.82, 2.24) is 0 Å². The number of alkyl halides is 2. The van der Waals surface area contributed by atoms with E-state index in [2.05, 4.69) is 13.8 Å². The maximum absolute atomic E-state index is 13.7. The van der Waals surface area contributed by atoms with E-state index >= 15 is 0 Å². The van der Waals surface area contributed by atoms with Gasteiger partial charge < -0.3 is 5.11 Å². The van der Waals surface area contributed by atoms with Crippen molar-refractivity contribution in [1.29, 1.82) is 0 Å². The Bertz CT molecular complexity index is 496. The zero-order chi connectivity index (χ0) is 16.2. The van der Waals surface area contributed by atoms with E-state index in [1.165, 1.54) is 25.5 Å². The minimum Gasteiger partial charge on any atom is -0.382 e. The lowest BCUT2D eigenvalue weighted by atomic mass is 9.97. The molecule has 1 aromatic rings. The molecule has 0 saturated heterocycles. The van der Waals surface area contributed by atoms with E-state index in [9.17, 15) is 23.1 Å². The lowest BCUT2D eigenvalue weighted by molar-refractivity contribution is -0.163. The molecular weight excluding hydrogens is 281 g/mol. The summed E-state index contributed by atoms with van der Waals surface area (Å²) >= 11 is 0. The molecule has 0 bridgehead atoms. The van der Waals surface area contributed by atoms with Gasteiger partial charge in [-0.3, -0.25) is 4.79 Å². The Morgan fingerprint density at radius 2 is 1.90 bits per heavy atom. The van der Waals surface area contributed by atoms with Crippen molar-refractivity contribution in [3.05, 3.63) is 35.1 Å².